The van der Waals surface area contributed by atoms with Gasteiger partial charge in [-0.15, -0.1) is 0 Å². The molecule has 0 saturated heterocycles. The van der Waals surface area contributed by atoms with Crippen LogP contribution in [0.1, 0.15) is 46.0 Å². The van der Waals surface area contributed by atoms with Gasteiger partial charge in [-0.2, -0.15) is 18.4 Å². The van der Waals surface area contributed by atoms with E-state index in [-0.39, 0.29) is 25.3 Å². The first kappa shape index (κ1) is 17.8. The minimum atomic E-state index is -4.32. The number of rotatable bonds is 5. The Morgan fingerprint density at radius 3 is 2.48 bits per heavy atom. The van der Waals surface area contributed by atoms with Gasteiger partial charge in [0, 0.05) is 19.0 Å². The van der Waals surface area contributed by atoms with Gasteiger partial charge in [-0.05, 0) is 18.8 Å². The molecule has 1 aliphatic carbocycles. The van der Waals surface area contributed by atoms with Crippen LogP contribution in [0, 0.1) is 29.1 Å². The molecule has 0 radical (unpaired) electrons. The fourth-order valence-electron chi connectivity index (χ4n) is 2.97. The fraction of sp³-hybridized carbons (Fsp3) is 0.867. The molecule has 1 aliphatic rings. The van der Waals surface area contributed by atoms with Gasteiger partial charge in [0.2, 0.25) is 5.91 Å². The Kier molecular flexibility index (Phi) is 6.50. The van der Waals surface area contributed by atoms with Gasteiger partial charge in [0.1, 0.15) is 0 Å². The van der Waals surface area contributed by atoms with Gasteiger partial charge in [0.25, 0.3) is 0 Å². The number of nitriles is 1. The average molecular weight is 304 g/mol. The molecule has 1 saturated carbocycles. The monoisotopic (exact) mass is 304 g/mol. The van der Waals surface area contributed by atoms with Crippen molar-refractivity contribution in [1.29, 1.82) is 5.26 Å². The van der Waals surface area contributed by atoms with Crippen LogP contribution in [0.15, 0.2) is 0 Å². The molecule has 0 aromatic rings. The summed E-state index contributed by atoms with van der Waals surface area (Å²) in [4.78, 5) is 14.0. The van der Waals surface area contributed by atoms with Crippen molar-refractivity contribution < 1.29 is 18.0 Å². The average Bonchev–Trinajstić information content (AvgIpc) is 2.41. The lowest BCUT2D eigenvalue weighted by molar-refractivity contribution is -0.201. The van der Waals surface area contributed by atoms with Crippen LogP contribution in [-0.2, 0) is 4.79 Å². The van der Waals surface area contributed by atoms with Crippen LogP contribution < -0.4 is 0 Å². The van der Waals surface area contributed by atoms with E-state index in [2.05, 4.69) is 0 Å². The lowest BCUT2D eigenvalue weighted by atomic mass is 9.78. The Labute approximate surface area is 124 Å². The smallest absolute Gasteiger partial charge is 0.341 e. The molecule has 1 amide bonds. The van der Waals surface area contributed by atoms with E-state index in [4.69, 9.17) is 5.26 Å². The van der Waals surface area contributed by atoms with Crippen molar-refractivity contribution in [2.75, 3.05) is 13.1 Å². The van der Waals surface area contributed by atoms with E-state index in [1.165, 1.54) is 4.90 Å². The largest absolute Gasteiger partial charge is 0.392 e. The highest BCUT2D eigenvalue weighted by Gasteiger charge is 2.48. The van der Waals surface area contributed by atoms with E-state index in [0.717, 1.165) is 0 Å². The van der Waals surface area contributed by atoms with E-state index in [9.17, 15) is 18.0 Å². The summed E-state index contributed by atoms with van der Waals surface area (Å²) in [6.45, 7) is 4.44. The zero-order valence-electron chi connectivity index (χ0n) is 12.6. The molecule has 1 rings (SSSR count). The number of amides is 1. The molecule has 2 atom stereocenters. The van der Waals surface area contributed by atoms with Crippen LogP contribution in [0.4, 0.5) is 13.2 Å². The molecule has 120 valence electrons. The summed E-state index contributed by atoms with van der Waals surface area (Å²) in [6, 6.07) is 1.95. The zero-order chi connectivity index (χ0) is 16.0. The number of hydrogen-bond donors (Lipinski definition) is 0. The molecular formula is C15H23F3N2O. The van der Waals surface area contributed by atoms with Gasteiger partial charge in [-0.25, -0.2) is 0 Å². The second-order valence-corrected chi connectivity index (χ2v) is 6.13. The van der Waals surface area contributed by atoms with E-state index in [1.807, 2.05) is 19.9 Å². The highest BCUT2D eigenvalue weighted by atomic mass is 19.4. The Bertz CT molecular complexity index is 387. The van der Waals surface area contributed by atoms with Crippen molar-refractivity contribution in [2.45, 2.75) is 52.1 Å². The van der Waals surface area contributed by atoms with Crippen LogP contribution in [0.25, 0.3) is 0 Å². The summed E-state index contributed by atoms with van der Waals surface area (Å²) < 4.78 is 39.3. The highest BCUT2D eigenvalue weighted by Crippen LogP contribution is 2.42. The van der Waals surface area contributed by atoms with Gasteiger partial charge >= 0.3 is 6.18 Å². The van der Waals surface area contributed by atoms with Gasteiger partial charge in [-0.3, -0.25) is 4.79 Å². The van der Waals surface area contributed by atoms with Crippen LogP contribution in [0.2, 0.25) is 0 Å². The summed E-state index contributed by atoms with van der Waals surface area (Å²) in [7, 11) is 0. The third kappa shape index (κ3) is 5.22. The first-order valence-corrected chi connectivity index (χ1v) is 7.49. The molecule has 0 spiro atoms. The first-order chi connectivity index (χ1) is 9.77. The molecular weight excluding hydrogens is 281 g/mol. The molecule has 0 N–H and O–H groups in total. The second-order valence-electron chi connectivity index (χ2n) is 6.13. The molecule has 0 heterocycles. The lowest BCUT2D eigenvalue weighted by Gasteiger charge is -2.36. The molecule has 6 heteroatoms. The Morgan fingerprint density at radius 2 is 1.95 bits per heavy atom. The molecule has 0 aromatic heterocycles. The minimum absolute atomic E-state index is 0.0354. The van der Waals surface area contributed by atoms with Crippen LogP contribution in [0.3, 0.4) is 0 Å². The summed E-state index contributed by atoms with van der Waals surface area (Å²) in [5, 5.41) is 8.65. The summed E-state index contributed by atoms with van der Waals surface area (Å²) in [6.07, 6.45) is -2.65. The van der Waals surface area contributed by atoms with Gasteiger partial charge in [0.15, 0.2) is 0 Å². The molecule has 0 bridgehead atoms. The quantitative estimate of drug-likeness (QED) is 0.776. The maximum absolute atomic E-state index is 13.1. The predicted molar refractivity (Wildman–Crippen MR) is 73.2 cm³/mol. The van der Waals surface area contributed by atoms with E-state index in [1.54, 1.807) is 0 Å². The highest BCUT2D eigenvalue weighted by molar-refractivity contribution is 5.79. The standard InChI is InChI=1S/C15H23F3N2O/c1-11(2)10-20(9-5-8-19)14(21)12-6-3-4-7-13(12)15(16,17)18/h11-13H,3-7,9-10H2,1-2H3. The van der Waals surface area contributed by atoms with Crippen LogP contribution >= 0.6 is 0 Å². The number of carbonyl (C=O) groups excluding carboxylic acids is 1. The Hall–Kier alpha value is -1.25. The third-order valence-corrected chi connectivity index (χ3v) is 3.89. The number of nitrogens with zero attached hydrogens (tertiary/aromatic N) is 2. The van der Waals surface area contributed by atoms with E-state index in [0.29, 0.717) is 25.8 Å². The minimum Gasteiger partial charge on any atom is -0.341 e. The third-order valence-electron chi connectivity index (χ3n) is 3.89. The maximum Gasteiger partial charge on any atom is 0.392 e. The van der Waals surface area contributed by atoms with Gasteiger partial charge < -0.3 is 4.90 Å². The van der Waals surface area contributed by atoms with Gasteiger partial charge in [-0.1, -0.05) is 26.7 Å². The summed E-state index contributed by atoms with van der Waals surface area (Å²) in [5.41, 5.74) is 0. The predicted octanol–water partition coefficient (Wildman–Crippen LogP) is 3.75. The van der Waals surface area contributed by atoms with E-state index < -0.39 is 23.9 Å². The Morgan fingerprint density at radius 1 is 1.33 bits per heavy atom. The molecule has 0 aromatic carbocycles. The number of alkyl halides is 3. The summed E-state index contributed by atoms with van der Waals surface area (Å²) >= 11 is 0. The number of halogens is 3. The zero-order valence-corrected chi connectivity index (χ0v) is 12.6. The number of carbonyl (C=O) groups is 1. The maximum atomic E-state index is 13.1. The molecule has 2 unspecified atom stereocenters. The normalized spacial score (nSPS) is 22.9. The van der Waals surface area contributed by atoms with Crippen molar-refractivity contribution in [2.24, 2.45) is 17.8 Å². The van der Waals surface area contributed by atoms with Crippen LogP contribution in [-0.4, -0.2) is 30.1 Å². The lowest BCUT2D eigenvalue weighted by Crippen LogP contribution is -2.46. The topological polar surface area (TPSA) is 44.1 Å². The van der Waals surface area contributed by atoms with Crippen LogP contribution in [0.5, 0.6) is 0 Å². The Balaban J connectivity index is 2.86. The van der Waals surface area contributed by atoms with Crippen molar-refractivity contribution in [3.05, 3.63) is 0 Å². The van der Waals surface area contributed by atoms with Crippen molar-refractivity contribution in [1.82, 2.24) is 4.90 Å². The SMILES string of the molecule is CC(C)CN(CCC#N)C(=O)C1CCCCC1C(F)(F)F. The van der Waals surface area contributed by atoms with Crippen molar-refractivity contribution in [3.8, 4) is 6.07 Å². The molecule has 3 nitrogen and oxygen atoms in total. The second kappa shape index (κ2) is 7.67. The number of hydrogen-bond acceptors (Lipinski definition) is 2. The first-order valence-electron chi connectivity index (χ1n) is 7.49. The fourth-order valence-corrected chi connectivity index (χ4v) is 2.97. The molecule has 21 heavy (non-hydrogen) atoms. The molecule has 0 aliphatic heterocycles. The van der Waals surface area contributed by atoms with Crippen molar-refractivity contribution in [3.63, 3.8) is 0 Å². The van der Waals surface area contributed by atoms with Gasteiger partial charge in [0.05, 0.1) is 18.4 Å². The van der Waals surface area contributed by atoms with Crippen molar-refractivity contribution >= 4 is 5.91 Å². The van der Waals surface area contributed by atoms with E-state index >= 15 is 0 Å². The molecule has 1 fully saturated rings. The summed E-state index contributed by atoms with van der Waals surface area (Å²) in [5.74, 6) is -2.77.